The van der Waals surface area contributed by atoms with Gasteiger partial charge in [0.05, 0.1) is 39.0 Å². The van der Waals surface area contributed by atoms with E-state index in [1.165, 1.54) is 4.90 Å². The van der Waals surface area contributed by atoms with Crippen LogP contribution in [0.15, 0.2) is 30.5 Å². The molecule has 1 saturated heterocycles. The Morgan fingerprint density at radius 3 is 2.30 bits per heavy atom. The number of hydrogen-bond acceptors (Lipinski definition) is 7. The molecule has 2 aromatic rings. The number of carbonyl (C=O) groups is 1. The predicted molar refractivity (Wildman–Crippen MR) is 149 cm³/mol. The number of hydrogen-bond donors (Lipinski definition) is 1. The number of carboxylic acids is 1. The van der Waals surface area contributed by atoms with Gasteiger partial charge in [-0.15, -0.1) is 0 Å². The summed E-state index contributed by atoms with van der Waals surface area (Å²) in [6, 6.07) is 7.27. The summed E-state index contributed by atoms with van der Waals surface area (Å²) in [7, 11) is 1.55. The van der Waals surface area contributed by atoms with E-state index in [1.54, 1.807) is 31.5 Å². The van der Waals surface area contributed by atoms with E-state index in [4.69, 9.17) is 18.9 Å². The number of alkyl halides is 5. The molecule has 2 aliphatic heterocycles. The number of nitrogens with zero attached hydrogens (tertiary/aromatic N) is 2. The lowest BCUT2D eigenvalue weighted by Gasteiger charge is -2.35. The number of methoxy groups -OCH3 is 1. The molecule has 0 radical (unpaired) electrons. The van der Waals surface area contributed by atoms with Gasteiger partial charge in [0.2, 0.25) is 5.88 Å². The van der Waals surface area contributed by atoms with Gasteiger partial charge >= 0.3 is 18.1 Å². The Morgan fingerprint density at radius 1 is 0.977 bits per heavy atom. The molecular weight excluding hydrogens is 591 g/mol. The molecular formula is C31H37F5N2O6. The molecule has 242 valence electrons. The Kier molecular flexibility index (Phi) is 9.71. The van der Waals surface area contributed by atoms with E-state index in [1.807, 2.05) is 6.07 Å². The van der Waals surface area contributed by atoms with Gasteiger partial charge in [-0.05, 0) is 75.6 Å². The predicted octanol–water partition coefficient (Wildman–Crippen LogP) is 6.58. The second-order valence-electron chi connectivity index (χ2n) is 11.8. The largest absolute Gasteiger partial charge is 0.497 e. The summed E-state index contributed by atoms with van der Waals surface area (Å²) in [6.45, 7) is -0.627. The van der Waals surface area contributed by atoms with Gasteiger partial charge in [-0.2, -0.15) is 22.0 Å². The minimum atomic E-state index is -5.57. The van der Waals surface area contributed by atoms with Crippen LogP contribution in [0.2, 0.25) is 0 Å². The number of benzene rings is 1. The summed E-state index contributed by atoms with van der Waals surface area (Å²) in [5.74, 6) is -3.55. The molecule has 0 bridgehead atoms. The molecule has 0 amide bonds. The molecule has 5 rings (SSSR count). The van der Waals surface area contributed by atoms with Crippen LogP contribution in [0.1, 0.15) is 74.3 Å². The van der Waals surface area contributed by atoms with Crippen molar-refractivity contribution >= 4 is 5.97 Å². The van der Waals surface area contributed by atoms with Crippen LogP contribution >= 0.6 is 0 Å². The van der Waals surface area contributed by atoms with Crippen molar-refractivity contribution in [1.29, 1.82) is 0 Å². The highest BCUT2D eigenvalue weighted by Crippen LogP contribution is 2.41. The Bertz CT molecular complexity index is 1290. The zero-order valence-electron chi connectivity index (χ0n) is 24.5. The summed E-state index contributed by atoms with van der Waals surface area (Å²) in [5.41, 5.74) is 1.69. The normalized spacial score (nSPS) is 23.4. The fourth-order valence-electron chi connectivity index (χ4n) is 6.30. The van der Waals surface area contributed by atoms with Crippen molar-refractivity contribution in [2.75, 3.05) is 33.4 Å². The first-order valence-corrected chi connectivity index (χ1v) is 14.9. The molecule has 1 N–H and O–H groups in total. The van der Waals surface area contributed by atoms with Crippen LogP contribution in [0.5, 0.6) is 23.1 Å². The molecule has 1 aromatic heterocycles. The Hall–Kier alpha value is -3.35. The number of piperidine rings is 1. The van der Waals surface area contributed by atoms with Crippen LogP contribution in [0, 0.1) is 0 Å². The SMILES string of the molecule is COc1ccc(C2CCN(CC(F)(F)C(F)(F)F)CC2)c(OC2CCC(Oc3cc4c(cn3)OCCC4CC(=O)O)CC2)c1. The summed E-state index contributed by atoms with van der Waals surface area (Å²) in [4.78, 5) is 16.8. The van der Waals surface area contributed by atoms with Crippen LogP contribution in [-0.2, 0) is 4.79 Å². The highest BCUT2D eigenvalue weighted by molar-refractivity contribution is 5.68. The molecule has 0 spiro atoms. The van der Waals surface area contributed by atoms with E-state index >= 15 is 0 Å². The van der Waals surface area contributed by atoms with Gasteiger partial charge in [-0.1, -0.05) is 6.07 Å². The molecule has 3 heterocycles. The van der Waals surface area contributed by atoms with Gasteiger partial charge in [0.15, 0.2) is 0 Å². The Balaban J connectivity index is 1.17. The Labute approximate surface area is 252 Å². The molecule has 13 heteroatoms. The van der Waals surface area contributed by atoms with E-state index in [0.717, 1.165) is 11.1 Å². The van der Waals surface area contributed by atoms with Crippen molar-refractivity contribution in [1.82, 2.24) is 9.88 Å². The summed E-state index contributed by atoms with van der Waals surface area (Å²) < 4.78 is 88.9. The lowest BCUT2D eigenvalue weighted by Crippen LogP contribution is -2.48. The summed E-state index contributed by atoms with van der Waals surface area (Å²) in [5, 5.41) is 9.28. The number of aromatic nitrogens is 1. The Morgan fingerprint density at radius 2 is 1.66 bits per heavy atom. The number of fused-ring (bicyclic) bond motifs is 1. The van der Waals surface area contributed by atoms with Crippen molar-refractivity contribution in [3.05, 3.63) is 41.6 Å². The van der Waals surface area contributed by atoms with Crippen molar-refractivity contribution in [2.24, 2.45) is 0 Å². The number of aliphatic carboxylic acids is 1. The van der Waals surface area contributed by atoms with Gasteiger partial charge in [0.25, 0.3) is 0 Å². The van der Waals surface area contributed by atoms with Crippen molar-refractivity contribution in [3.8, 4) is 23.1 Å². The molecule has 44 heavy (non-hydrogen) atoms. The van der Waals surface area contributed by atoms with Crippen molar-refractivity contribution in [3.63, 3.8) is 0 Å². The molecule has 1 aliphatic carbocycles. The number of likely N-dealkylation sites (tertiary alicyclic amines) is 1. The highest BCUT2D eigenvalue weighted by atomic mass is 19.4. The van der Waals surface area contributed by atoms with Gasteiger partial charge < -0.3 is 24.1 Å². The van der Waals surface area contributed by atoms with Crippen LogP contribution in [-0.4, -0.2) is 78.6 Å². The van der Waals surface area contributed by atoms with E-state index in [2.05, 4.69) is 4.98 Å². The van der Waals surface area contributed by atoms with Crippen LogP contribution in [0.3, 0.4) is 0 Å². The van der Waals surface area contributed by atoms with Gasteiger partial charge in [-0.25, -0.2) is 4.98 Å². The minimum Gasteiger partial charge on any atom is -0.497 e. The third-order valence-corrected chi connectivity index (χ3v) is 8.74. The average Bonchev–Trinajstić information content (AvgIpc) is 2.98. The molecule has 1 saturated carbocycles. The van der Waals surface area contributed by atoms with Crippen LogP contribution < -0.4 is 18.9 Å². The maximum atomic E-state index is 13.6. The van der Waals surface area contributed by atoms with Crippen LogP contribution in [0.25, 0.3) is 0 Å². The molecule has 2 fully saturated rings. The minimum absolute atomic E-state index is 0.0155. The fourth-order valence-corrected chi connectivity index (χ4v) is 6.30. The average molecular weight is 629 g/mol. The van der Waals surface area contributed by atoms with E-state index in [9.17, 15) is 31.9 Å². The third kappa shape index (κ3) is 7.65. The first kappa shape index (κ1) is 32.1. The second kappa shape index (κ2) is 13.3. The number of rotatable bonds is 10. The maximum absolute atomic E-state index is 13.6. The third-order valence-electron chi connectivity index (χ3n) is 8.74. The lowest BCUT2D eigenvalue weighted by atomic mass is 9.88. The topological polar surface area (TPSA) is 90.4 Å². The number of ether oxygens (including phenoxy) is 4. The van der Waals surface area contributed by atoms with Gasteiger partial charge in [0.1, 0.15) is 23.4 Å². The monoisotopic (exact) mass is 628 g/mol. The number of halogens is 5. The standard InChI is InChI=1S/C31H37F5N2O6/c1-41-23-6-7-24(19-8-11-38(12-9-19)18-30(32,33)31(34,35)36)26(15-23)43-21-2-4-22(5-3-21)44-28-16-25-20(14-29(39)40)10-13-42-27(25)17-37-28/h6-7,15-17,19-22H,2-5,8-14,18H2,1H3,(H,39,40). The highest BCUT2D eigenvalue weighted by Gasteiger charge is 2.58. The van der Waals surface area contributed by atoms with Gasteiger partial charge in [0, 0.05) is 23.6 Å². The maximum Gasteiger partial charge on any atom is 0.454 e. The zero-order valence-corrected chi connectivity index (χ0v) is 24.5. The van der Waals surface area contributed by atoms with E-state index in [0.29, 0.717) is 74.7 Å². The molecule has 1 aromatic carbocycles. The summed E-state index contributed by atoms with van der Waals surface area (Å²) in [6.07, 6.45) is 0.171. The first-order chi connectivity index (χ1) is 20.9. The smallest absolute Gasteiger partial charge is 0.454 e. The van der Waals surface area contributed by atoms with Crippen molar-refractivity contribution in [2.45, 2.75) is 87.5 Å². The quantitative estimate of drug-likeness (QED) is 0.296. The second-order valence-corrected chi connectivity index (χ2v) is 11.8. The molecule has 3 aliphatic rings. The van der Waals surface area contributed by atoms with E-state index < -0.39 is 24.6 Å². The number of carboxylic acid groups (broad SMARTS) is 1. The number of pyridine rings is 1. The summed E-state index contributed by atoms with van der Waals surface area (Å²) >= 11 is 0. The van der Waals surface area contributed by atoms with Gasteiger partial charge in [-0.3, -0.25) is 9.69 Å². The fraction of sp³-hybridized carbons (Fsp3) is 0.613. The van der Waals surface area contributed by atoms with E-state index in [-0.39, 0.29) is 43.6 Å². The molecule has 1 atom stereocenters. The van der Waals surface area contributed by atoms with Crippen LogP contribution in [0.4, 0.5) is 22.0 Å². The van der Waals surface area contributed by atoms with Crippen molar-refractivity contribution < 1.29 is 50.8 Å². The first-order valence-electron chi connectivity index (χ1n) is 14.9. The molecule has 8 nitrogen and oxygen atoms in total. The zero-order chi connectivity index (χ0) is 31.5. The lowest BCUT2D eigenvalue weighted by molar-refractivity contribution is -0.287. The molecule has 1 unspecified atom stereocenters.